The van der Waals surface area contributed by atoms with Crippen molar-refractivity contribution >= 4 is 5.52 Å². The molecule has 3 aromatic carbocycles. The molecule has 5 rings (SSSR count). The van der Waals surface area contributed by atoms with Gasteiger partial charge in [-0.1, -0.05) is 84.9 Å². The van der Waals surface area contributed by atoms with Crippen molar-refractivity contribution in [1.29, 1.82) is 0 Å². The van der Waals surface area contributed by atoms with Gasteiger partial charge in [0.05, 0.1) is 5.52 Å². The fourth-order valence-corrected chi connectivity index (χ4v) is 3.57. The summed E-state index contributed by atoms with van der Waals surface area (Å²) in [4.78, 5) is 0. The van der Waals surface area contributed by atoms with Gasteiger partial charge in [0.25, 0.3) is 0 Å². The number of rotatable bonds is 3. The molecule has 2 aromatic heterocycles. The Balaban J connectivity index is 1.75. The third-order valence-corrected chi connectivity index (χ3v) is 4.85. The molecule has 0 radical (unpaired) electrons. The van der Waals surface area contributed by atoms with E-state index in [0.717, 1.165) is 16.8 Å². The normalized spacial score (nSPS) is 11.0. The number of pyridine rings is 1. The SMILES string of the molecule is c1ccc(-c2cccc(-c3nn4ccccc4c3-c3ccccc3)c2)cc1. The van der Waals surface area contributed by atoms with Gasteiger partial charge in [-0.15, -0.1) is 0 Å². The molecule has 0 amide bonds. The number of hydrogen-bond donors (Lipinski definition) is 0. The Hall–Kier alpha value is -3.65. The van der Waals surface area contributed by atoms with Crippen LogP contribution >= 0.6 is 0 Å². The van der Waals surface area contributed by atoms with E-state index >= 15 is 0 Å². The molecular weight excluding hydrogens is 328 g/mol. The van der Waals surface area contributed by atoms with Crippen LogP contribution in [0.25, 0.3) is 39.0 Å². The Labute approximate surface area is 158 Å². The van der Waals surface area contributed by atoms with Crippen molar-refractivity contribution < 1.29 is 0 Å². The summed E-state index contributed by atoms with van der Waals surface area (Å²) >= 11 is 0. The predicted octanol–water partition coefficient (Wildman–Crippen LogP) is 6.34. The van der Waals surface area contributed by atoms with E-state index in [-0.39, 0.29) is 0 Å². The minimum atomic E-state index is 1.00. The maximum absolute atomic E-state index is 4.91. The van der Waals surface area contributed by atoms with Gasteiger partial charge in [0.2, 0.25) is 0 Å². The van der Waals surface area contributed by atoms with Gasteiger partial charge in [0.1, 0.15) is 5.69 Å². The molecular formula is C25H18N2. The van der Waals surface area contributed by atoms with Gasteiger partial charge >= 0.3 is 0 Å². The van der Waals surface area contributed by atoms with Gasteiger partial charge in [0.15, 0.2) is 0 Å². The number of fused-ring (bicyclic) bond motifs is 1. The zero-order valence-electron chi connectivity index (χ0n) is 14.8. The van der Waals surface area contributed by atoms with E-state index in [2.05, 4.69) is 84.9 Å². The lowest BCUT2D eigenvalue weighted by molar-refractivity contribution is 0.966. The van der Waals surface area contributed by atoms with Gasteiger partial charge in [0, 0.05) is 17.3 Å². The first-order valence-corrected chi connectivity index (χ1v) is 9.09. The summed E-state index contributed by atoms with van der Waals surface area (Å²) in [6, 6.07) is 35.8. The molecule has 2 nitrogen and oxygen atoms in total. The summed E-state index contributed by atoms with van der Waals surface area (Å²) in [6.45, 7) is 0. The first-order chi connectivity index (χ1) is 13.4. The molecule has 0 saturated heterocycles. The molecule has 128 valence electrons. The Kier molecular flexibility index (Phi) is 3.80. The van der Waals surface area contributed by atoms with Crippen LogP contribution in [0.15, 0.2) is 109 Å². The second kappa shape index (κ2) is 6.58. The van der Waals surface area contributed by atoms with Crippen molar-refractivity contribution in [3.05, 3.63) is 109 Å². The lowest BCUT2D eigenvalue weighted by Crippen LogP contribution is -1.86. The molecule has 2 heteroatoms. The third-order valence-electron chi connectivity index (χ3n) is 4.85. The summed E-state index contributed by atoms with van der Waals surface area (Å²) in [5, 5.41) is 4.91. The average molecular weight is 346 g/mol. The minimum Gasteiger partial charge on any atom is -0.240 e. The summed E-state index contributed by atoms with van der Waals surface area (Å²) in [7, 11) is 0. The van der Waals surface area contributed by atoms with Crippen LogP contribution in [-0.2, 0) is 0 Å². The highest BCUT2D eigenvalue weighted by atomic mass is 15.2. The van der Waals surface area contributed by atoms with Crippen molar-refractivity contribution in [3.8, 4) is 33.5 Å². The Bertz CT molecular complexity index is 1210. The number of hydrogen-bond acceptors (Lipinski definition) is 1. The van der Waals surface area contributed by atoms with Crippen LogP contribution in [0.2, 0.25) is 0 Å². The molecule has 0 aliphatic carbocycles. The Morgan fingerprint density at radius 2 is 1.15 bits per heavy atom. The van der Waals surface area contributed by atoms with Gasteiger partial charge in [-0.3, -0.25) is 0 Å². The standard InChI is InChI=1S/C25H18N2/c1-3-10-19(11-4-1)21-14-9-15-22(18-21)25-24(20-12-5-2-6-13-20)23-16-7-8-17-27(23)26-25/h1-18H. The molecule has 0 bridgehead atoms. The minimum absolute atomic E-state index is 1.00. The van der Waals surface area contributed by atoms with Crippen molar-refractivity contribution in [1.82, 2.24) is 9.61 Å². The van der Waals surface area contributed by atoms with Gasteiger partial charge in [-0.2, -0.15) is 5.10 Å². The maximum atomic E-state index is 4.91. The van der Waals surface area contributed by atoms with E-state index in [0.29, 0.717) is 0 Å². The second-order valence-electron chi connectivity index (χ2n) is 6.57. The summed E-state index contributed by atoms with van der Waals surface area (Å²) in [5.41, 5.74) is 8.00. The molecule has 5 aromatic rings. The average Bonchev–Trinajstić information content (AvgIpc) is 3.15. The molecule has 2 heterocycles. The summed E-state index contributed by atoms with van der Waals surface area (Å²) < 4.78 is 1.97. The molecule has 0 fully saturated rings. The van der Waals surface area contributed by atoms with E-state index in [9.17, 15) is 0 Å². The molecule has 0 N–H and O–H groups in total. The summed E-state index contributed by atoms with van der Waals surface area (Å²) in [5.74, 6) is 0. The van der Waals surface area contributed by atoms with E-state index in [1.54, 1.807) is 0 Å². The molecule has 0 aliphatic rings. The zero-order valence-corrected chi connectivity index (χ0v) is 14.8. The van der Waals surface area contributed by atoms with E-state index in [1.165, 1.54) is 22.3 Å². The maximum Gasteiger partial charge on any atom is 0.101 e. The molecule has 0 unspecified atom stereocenters. The monoisotopic (exact) mass is 346 g/mol. The molecule has 0 spiro atoms. The number of benzene rings is 3. The lowest BCUT2D eigenvalue weighted by Gasteiger charge is -2.07. The van der Waals surface area contributed by atoms with Crippen LogP contribution in [0, 0.1) is 0 Å². The van der Waals surface area contributed by atoms with Crippen molar-refractivity contribution in [2.24, 2.45) is 0 Å². The van der Waals surface area contributed by atoms with Crippen LogP contribution in [0.4, 0.5) is 0 Å². The molecule has 0 aliphatic heterocycles. The Morgan fingerprint density at radius 1 is 0.519 bits per heavy atom. The van der Waals surface area contributed by atoms with Gasteiger partial charge in [-0.05, 0) is 34.9 Å². The number of nitrogens with zero attached hydrogens (tertiary/aromatic N) is 2. The second-order valence-corrected chi connectivity index (χ2v) is 6.57. The van der Waals surface area contributed by atoms with Crippen molar-refractivity contribution in [3.63, 3.8) is 0 Å². The highest BCUT2D eigenvalue weighted by molar-refractivity contribution is 5.92. The van der Waals surface area contributed by atoms with Gasteiger partial charge < -0.3 is 0 Å². The van der Waals surface area contributed by atoms with Crippen LogP contribution in [-0.4, -0.2) is 9.61 Å². The first kappa shape index (κ1) is 15.6. The van der Waals surface area contributed by atoms with E-state index < -0.39 is 0 Å². The summed E-state index contributed by atoms with van der Waals surface area (Å²) in [6.07, 6.45) is 2.01. The fourth-order valence-electron chi connectivity index (χ4n) is 3.57. The highest BCUT2D eigenvalue weighted by Crippen LogP contribution is 2.36. The van der Waals surface area contributed by atoms with Crippen LogP contribution in [0.3, 0.4) is 0 Å². The van der Waals surface area contributed by atoms with E-state index in [1.807, 2.05) is 28.9 Å². The third kappa shape index (κ3) is 2.81. The number of aromatic nitrogens is 2. The lowest BCUT2D eigenvalue weighted by atomic mass is 9.97. The molecule has 0 saturated carbocycles. The quantitative estimate of drug-likeness (QED) is 0.373. The van der Waals surface area contributed by atoms with Crippen molar-refractivity contribution in [2.75, 3.05) is 0 Å². The largest absolute Gasteiger partial charge is 0.240 e. The first-order valence-electron chi connectivity index (χ1n) is 9.09. The fraction of sp³-hybridized carbons (Fsp3) is 0. The zero-order chi connectivity index (χ0) is 18.1. The molecule has 27 heavy (non-hydrogen) atoms. The Morgan fingerprint density at radius 3 is 1.93 bits per heavy atom. The van der Waals surface area contributed by atoms with Crippen LogP contribution < -0.4 is 0 Å². The van der Waals surface area contributed by atoms with Crippen LogP contribution in [0.5, 0.6) is 0 Å². The van der Waals surface area contributed by atoms with Crippen molar-refractivity contribution in [2.45, 2.75) is 0 Å². The highest BCUT2D eigenvalue weighted by Gasteiger charge is 2.16. The predicted molar refractivity (Wildman–Crippen MR) is 112 cm³/mol. The molecule has 0 atom stereocenters. The van der Waals surface area contributed by atoms with Gasteiger partial charge in [-0.25, -0.2) is 4.52 Å². The van der Waals surface area contributed by atoms with E-state index in [4.69, 9.17) is 5.10 Å². The smallest absolute Gasteiger partial charge is 0.101 e. The van der Waals surface area contributed by atoms with Crippen LogP contribution in [0.1, 0.15) is 0 Å². The topological polar surface area (TPSA) is 17.3 Å².